The molecule has 1 atom stereocenters. The van der Waals surface area contributed by atoms with Gasteiger partial charge in [-0.1, -0.05) is 0 Å². The summed E-state index contributed by atoms with van der Waals surface area (Å²) in [5.41, 5.74) is 0. The Hall–Kier alpha value is 0.1000. The molecule has 0 aliphatic carbocycles. The van der Waals surface area contributed by atoms with Crippen LogP contribution in [0.4, 0.5) is 0 Å². The topological polar surface area (TPSA) is 32.3 Å². The van der Waals surface area contributed by atoms with E-state index in [1.54, 1.807) is 11.3 Å². The van der Waals surface area contributed by atoms with Gasteiger partial charge < -0.3 is 10.4 Å². The molecule has 2 rings (SSSR count). The van der Waals surface area contributed by atoms with Gasteiger partial charge in [0.25, 0.3) is 0 Å². The zero-order chi connectivity index (χ0) is 10.8. The molecule has 1 saturated heterocycles. The van der Waals surface area contributed by atoms with Crippen molar-refractivity contribution < 1.29 is 5.11 Å². The Morgan fingerprint density at radius 1 is 1.53 bits per heavy atom. The van der Waals surface area contributed by atoms with E-state index in [4.69, 9.17) is 0 Å². The second kappa shape index (κ2) is 4.95. The zero-order valence-corrected chi connectivity index (χ0v) is 11.2. The molecule has 1 aliphatic rings. The monoisotopic (exact) mass is 289 g/mol. The Bertz CT molecular complexity index is 333. The Morgan fingerprint density at radius 3 is 2.73 bits per heavy atom. The van der Waals surface area contributed by atoms with E-state index < -0.39 is 0 Å². The third-order valence-electron chi connectivity index (χ3n) is 2.94. The third kappa shape index (κ3) is 2.61. The zero-order valence-electron chi connectivity index (χ0n) is 8.79. The summed E-state index contributed by atoms with van der Waals surface area (Å²) in [5, 5.41) is 13.6. The lowest BCUT2D eigenvalue weighted by molar-refractivity contribution is 0.0915. The van der Waals surface area contributed by atoms with E-state index in [1.165, 1.54) is 4.88 Å². The van der Waals surface area contributed by atoms with Gasteiger partial charge >= 0.3 is 0 Å². The number of piperidine rings is 1. The van der Waals surface area contributed by atoms with Crippen LogP contribution in [0.15, 0.2) is 10.5 Å². The van der Waals surface area contributed by atoms with E-state index in [2.05, 4.69) is 34.2 Å². The summed E-state index contributed by atoms with van der Waals surface area (Å²) in [6, 6.07) is 2.09. The normalized spacial score (nSPS) is 20.5. The first kappa shape index (κ1) is 11.6. The van der Waals surface area contributed by atoms with Crippen molar-refractivity contribution in [3.8, 4) is 0 Å². The van der Waals surface area contributed by atoms with Gasteiger partial charge in [-0.2, -0.15) is 0 Å². The summed E-state index contributed by atoms with van der Waals surface area (Å²) < 4.78 is 1.07. The van der Waals surface area contributed by atoms with Gasteiger partial charge in [0.15, 0.2) is 0 Å². The molecule has 0 saturated carbocycles. The smallest absolute Gasteiger partial charge is 0.0922 e. The van der Waals surface area contributed by atoms with Crippen LogP contribution in [0.1, 0.15) is 28.7 Å². The minimum absolute atomic E-state index is 0.292. The Morgan fingerprint density at radius 2 is 2.20 bits per heavy atom. The predicted octanol–water partition coefficient (Wildman–Crippen LogP) is 2.85. The van der Waals surface area contributed by atoms with Gasteiger partial charge in [0, 0.05) is 14.2 Å². The van der Waals surface area contributed by atoms with Crippen LogP contribution in [0.3, 0.4) is 0 Å². The lowest BCUT2D eigenvalue weighted by Crippen LogP contribution is -2.30. The SMILES string of the molecule is Cc1cc(Br)c(C(O)C2CCNCC2)s1. The maximum absolute atomic E-state index is 10.3. The molecule has 1 unspecified atom stereocenters. The van der Waals surface area contributed by atoms with Gasteiger partial charge in [0.2, 0.25) is 0 Å². The summed E-state index contributed by atoms with van der Waals surface area (Å²) in [5.74, 6) is 0.417. The highest BCUT2D eigenvalue weighted by molar-refractivity contribution is 9.10. The predicted molar refractivity (Wildman–Crippen MR) is 67.3 cm³/mol. The number of hydrogen-bond acceptors (Lipinski definition) is 3. The van der Waals surface area contributed by atoms with Gasteiger partial charge in [-0.15, -0.1) is 11.3 Å². The first-order chi connectivity index (χ1) is 7.18. The van der Waals surface area contributed by atoms with Crippen molar-refractivity contribution in [3.63, 3.8) is 0 Å². The van der Waals surface area contributed by atoms with Crippen molar-refractivity contribution in [1.29, 1.82) is 0 Å². The average molecular weight is 290 g/mol. The number of aryl methyl sites for hydroxylation is 1. The highest BCUT2D eigenvalue weighted by atomic mass is 79.9. The van der Waals surface area contributed by atoms with Crippen LogP contribution >= 0.6 is 27.3 Å². The number of rotatable bonds is 2. The summed E-state index contributed by atoms with van der Waals surface area (Å²) in [6.07, 6.45) is 1.86. The maximum Gasteiger partial charge on any atom is 0.0922 e. The van der Waals surface area contributed by atoms with E-state index in [0.717, 1.165) is 35.3 Å². The van der Waals surface area contributed by atoms with E-state index in [-0.39, 0.29) is 6.10 Å². The second-order valence-corrected chi connectivity index (χ2v) is 6.24. The molecule has 1 aliphatic heterocycles. The fourth-order valence-corrected chi connectivity index (χ4v) is 4.04. The van der Waals surface area contributed by atoms with Crippen LogP contribution in [0.5, 0.6) is 0 Å². The standard InChI is InChI=1S/C11H16BrNOS/c1-7-6-9(12)11(15-7)10(14)8-2-4-13-5-3-8/h6,8,10,13-14H,2-5H2,1H3. The minimum atomic E-state index is -0.292. The summed E-state index contributed by atoms with van der Waals surface area (Å²) >= 11 is 5.22. The molecule has 15 heavy (non-hydrogen) atoms. The highest BCUT2D eigenvalue weighted by Gasteiger charge is 2.25. The Balaban J connectivity index is 2.12. The molecule has 84 valence electrons. The summed E-state index contributed by atoms with van der Waals surface area (Å²) in [6.45, 7) is 4.14. The van der Waals surface area contributed by atoms with Crippen molar-refractivity contribution in [2.45, 2.75) is 25.9 Å². The second-order valence-electron chi connectivity index (χ2n) is 4.10. The van der Waals surface area contributed by atoms with Crippen LogP contribution in [-0.4, -0.2) is 18.2 Å². The maximum atomic E-state index is 10.3. The Kier molecular flexibility index (Phi) is 3.83. The summed E-state index contributed by atoms with van der Waals surface area (Å²) in [7, 11) is 0. The number of aliphatic hydroxyl groups is 1. The summed E-state index contributed by atoms with van der Waals surface area (Å²) in [4.78, 5) is 2.35. The van der Waals surface area contributed by atoms with Crippen LogP contribution in [0, 0.1) is 12.8 Å². The largest absolute Gasteiger partial charge is 0.387 e. The van der Waals surface area contributed by atoms with E-state index >= 15 is 0 Å². The van der Waals surface area contributed by atoms with Crippen LogP contribution in [0.25, 0.3) is 0 Å². The van der Waals surface area contributed by atoms with Gasteiger partial charge in [-0.3, -0.25) is 0 Å². The van der Waals surface area contributed by atoms with Gasteiger partial charge in [-0.05, 0) is 60.8 Å². The van der Waals surface area contributed by atoms with Crippen molar-refractivity contribution >= 4 is 27.3 Å². The highest BCUT2D eigenvalue weighted by Crippen LogP contribution is 2.38. The molecule has 0 aromatic carbocycles. The van der Waals surface area contributed by atoms with Crippen molar-refractivity contribution in [2.24, 2.45) is 5.92 Å². The molecule has 1 aromatic rings. The molecule has 2 N–H and O–H groups in total. The van der Waals surface area contributed by atoms with Crippen LogP contribution in [0.2, 0.25) is 0 Å². The number of thiophene rings is 1. The van der Waals surface area contributed by atoms with Gasteiger partial charge in [0.1, 0.15) is 0 Å². The van der Waals surface area contributed by atoms with Crippen molar-refractivity contribution in [1.82, 2.24) is 5.32 Å². The molecule has 0 radical (unpaired) electrons. The lowest BCUT2D eigenvalue weighted by atomic mass is 9.91. The number of nitrogens with one attached hydrogen (secondary N) is 1. The molecule has 2 nitrogen and oxygen atoms in total. The van der Waals surface area contributed by atoms with Crippen molar-refractivity contribution in [2.75, 3.05) is 13.1 Å². The van der Waals surface area contributed by atoms with Crippen LogP contribution in [-0.2, 0) is 0 Å². The van der Waals surface area contributed by atoms with Gasteiger partial charge in [0.05, 0.1) is 6.10 Å². The van der Waals surface area contributed by atoms with E-state index in [9.17, 15) is 5.11 Å². The Labute approximate surface area is 103 Å². The van der Waals surface area contributed by atoms with Gasteiger partial charge in [-0.25, -0.2) is 0 Å². The molecule has 1 fully saturated rings. The first-order valence-electron chi connectivity index (χ1n) is 5.33. The molecule has 2 heterocycles. The number of halogens is 1. The quantitative estimate of drug-likeness (QED) is 0.878. The molecule has 1 aromatic heterocycles. The molecule has 0 amide bonds. The fourth-order valence-electron chi connectivity index (χ4n) is 2.08. The number of aliphatic hydroxyl groups excluding tert-OH is 1. The molecule has 0 bridgehead atoms. The minimum Gasteiger partial charge on any atom is -0.387 e. The molecular formula is C11H16BrNOS. The molecule has 4 heteroatoms. The number of hydrogen-bond donors (Lipinski definition) is 2. The average Bonchev–Trinajstić information content (AvgIpc) is 2.58. The first-order valence-corrected chi connectivity index (χ1v) is 6.94. The molecule has 0 spiro atoms. The van der Waals surface area contributed by atoms with E-state index in [0.29, 0.717) is 5.92 Å². The third-order valence-corrected chi connectivity index (χ3v) is 4.97. The van der Waals surface area contributed by atoms with E-state index in [1.807, 2.05) is 0 Å². The lowest BCUT2D eigenvalue weighted by Gasteiger charge is -2.26. The fraction of sp³-hybridized carbons (Fsp3) is 0.636. The molecular weight excluding hydrogens is 274 g/mol. The van der Waals surface area contributed by atoms with Crippen molar-refractivity contribution in [3.05, 3.63) is 20.3 Å². The van der Waals surface area contributed by atoms with Crippen LogP contribution < -0.4 is 5.32 Å².